The summed E-state index contributed by atoms with van der Waals surface area (Å²) in [4.78, 5) is 12.3. The van der Waals surface area contributed by atoms with Gasteiger partial charge in [-0.15, -0.1) is 13.2 Å². The van der Waals surface area contributed by atoms with Gasteiger partial charge in [0.15, 0.2) is 5.75 Å². The summed E-state index contributed by atoms with van der Waals surface area (Å²) in [6.07, 6.45) is -3.20. The molecule has 0 radical (unpaired) electrons. The van der Waals surface area contributed by atoms with Gasteiger partial charge in [0.1, 0.15) is 12.4 Å². The van der Waals surface area contributed by atoms with Gasteiger partial charge in [-0.25, -0.2) is 0 Å². The van der Waals surface area contributed by atoms with Crippen LogP contribution < -0.4 is 14.8 Å². The lowest BCUT2D eigenvalue weighted by Crippen LogP contribution is -2.23. The highest BCUT2D eigenvalue weighted by molar-refractivity contribution is 6.08. The molecule has 3 rings (SSSR count). The van der Waals surface area contributed by atoms with Crippen LogP contribution in [0.15, 0.2) is 54.1 Å². The Morgan fingerprint density at radius 3 is 2.58 bits per heavy atom. The van der Waals surface area contributed by atoms with Gasteiger partial charge in [0.05, 0.1) is 11.3 Å². The fourth-order valence-electron chi connectivity index (χ4n) is 2.23. The molecule has 0 saturated carbocycles. The van der Waals surface area contributed by atoms with Crippen molar-refractivity contribution in [3.8, 4) is 11.5 Å². The van der Waals surface area contributed by atoms with Gasteiger partial charge in [0.2, 0.25) is 0 Å². The molecule has 0 aliphatic carbocycles. The first-order chi connectivity index (χ1) is 11.4. The summed E-state index contributed by atoms with van der Waals surface area (Å²) in [7, 11) is 0. The molecule has 1 N–H and O–H groups in total. The van der Waals surface area contributed by atoms with Crippen LogP contribution in [0.1, 0.15) is 5.56 Å². The van der Waals surface area contributed by atoms with Crippen LogP contribution in [0.25, 0.3) is 6.08 Å². The Hall–Kier alpha value is -2.96. The molecule has 4 nitrogen and oxygen atoms in total. The van der Waals surface area contributed by atoms with E-state index >= 15 is 0 Å². The van der Waals surface area contributed by atoms with Crippen molar-refractivity contribution >= 4 is 17.7 Å². The molecule has 124 valence electrons. The predicted molar refractivity (Wildman–Crippen MR) is 81.7 cm³/mol. The number of fused-ring (bicyclic) bond motifs is 1. The highest BCUT2D eigenvalue weighted by Crippen LogP contribution is 2.31. The number of ether oxygens (including phenoxy) is 2. The molecular formula is C17H12F3NO3. The van der Waals surface area contributed by atoms with Crippen LogP contribution in [0.3, 0.4) is 0 Å². The van der Waals surface area contributed by atoms with Crippen molar-refractivity contribution in [1.29, 1.82) is 0 Å². The number of hydrogen-bond acceptors (Lipinski definition) is 3. The lowest BCUT2D eigenvalue weighted by molar-refractivity contribution is -0.274. The smallest absolute Gasteiger partial charge is 0.488 e. The third kappa shape index (κ3) is 3.68. The van der Waals surface area contributed by atoms with Gasteiger partial charge in [0, 0.05) is 5.56 Å². The Morgan fingerprint density at radius 2 is 1.79 bits per heavy atom. The number of hydrogen-bond donors (Lipinski definition) is 1. The summed E-state index contributed by atoms with van der Waals surface area (Å²) in [5.74, 6) is -0.381. The normalized spacial score (nSPS) is 13.4. The second-order valence-corrected chi connectivity index (χ2v) is 4.99. The van der Waals surface area contributed by atoms with E-state index in [1.807, 2.05) is 6.07 Å². The first-order valence-corrected chi connectivity index (χ1v) is 7.01. The molecule has 0 saturated heterocycles. The molecule has 1 aliphatic rings. The van der Waals surface area contributed by atoms with E-state index in [-0.39, 0.29) is 12.3 Å². The molecule has 0 spiro atoms. The van der Waals surface area contributed by atoms with E-state index in [1.165, 1.54) is 18.2 Å². The quantitative estimate of drug-likeness (QED) is 0.922. The van der Waals surface area contributed by atoms with Crippen LogP contribution in [0.2, 0.25) is 0 Å². The minimum atomic E-state index is -4.84. The Morgan fingerprint density at radius 1 is 1.08 bits per heavy atom. The van der Waals surface area contributed by atoms with Gasteiger partial charge in [-0.05, 0) is 24.3 Å². The lowest BCUT2D eigenvalue weighted by Gasteiger charge is -2.18. The number of amides is 1. The number of halogens is 3. The minimum Gasteiger partial charge on any atom is -0.488 e. The second kappa shape index (κ2) is 6.27. The standard InChI is InChI=1S/C17H12F3NO3/c18-17(19,20)24-15-8-4-2-6-13(15)21-16(22)12-9-11-5-1-3-7-14(11)23-10-12/h1-9H,10H2,(H,21,22). The summed E-state index contributed by atoms with van der Waals surface area (Å²) in [5.41, 5.74) is 0.962. The molecule has 0 fully saturated rings. The molecule has 0 bridgehead atoms. The molecule has 24 heavy (non-hydrogen) atoms. The average molecular weight is 335 g/mol. The highest BCUT2D eigenvalue weighted by atomic mass is 19.4. The molecular weight excluding hydrogens is 323 g/mol. The van der Waals surface area contributed by atoms with Crippen LogP contribution in [0.5, 0.6) is 11.5 Å². The van der Waals surface area contributed by atoms with Gasteiger partial charge >= 0.3 is 6.36 Å². The van der Waals surface area contributed by atoms with Crippen LogP contribution >= 0.6 is 0 Å². The van der Waals surface area contributed by atoms with Crippen molar-refractivity contribution in [3.05, 3.63) is 59.7 Å². The predicted octanol–water partition coefficient (Wildman–Crippen LogP) is 4.00. The monoisotopic (exact) mass is 335 g/mol. The maximum absolute atomic E-state index is 12.4. The second-order valence-electron chi connectivity index (χ2n) is 4.99. The first-order valence-electron chi connectivity index (χ1n) is 7.01. The zero-order valence-electron chi connectivity index (χ0n) is 12.3. The van der Waals surface area contributed by atoms with Crippen LogP contribution in [-0.4, -0.2) is 18.9 Å². The molecule has 1 amide bonds. The Labute approximate surface area is 135 Å². The number of carbonyl (C=O) groups is 1. The van der Waals surface area contributed by atoms with E-state index in [4.69, 9.17) is 4.74 Å². The van der Waals surface area contributed by atoms with Gasteiger partial charge in [-0.2, -0.15) is 0 Å². The Kier molecular flexibility index (Phi) is 4.16. The van der Waals surface area contributed by atoms with Crippen molar-refractivity contribution < 1.29 is 27.4 Å². The third-order valence-corrected chi connectivity index (χ3v) is 3.28. The summed E-state index contributed by atoms with van der Waals surface area (Å²) < 4.78 is 46.6. The minimum absolute atomic E-state index is 0.0329. The molecule has 1 aliphatic heterocycles. The number of anilines is 1. The maximum atomic E-state index is 12.4. The number of nitrogens with one attached hydrogen (secondary N) is 1. The van der Waals surface area contributed by atoms with Crippen molar-refractivity contribution in [2.24, 2.45) is 0 Å². The van der Waals surface area contributed by atoms with E-state index in [2.05, 4.69) is 10.1 Å². The third-order valence-electron chi connectivity index (χ3n) is 3.28. The zero-order chi connectivity index (χ0) is 17.2. The van der Waals surface area contributed by atoms with E-state index in [1.54, 1.807) is 24.3 Å². The van der Waals surface area contributed by atoms with Gasteiger partial charge in [-0.1, -0.05) is 30.3 Å². The van der Waals surface area contributed by atoms with Crippen LogP contribution in [0, 0.1) is 0 Å². The van der Waals surface area contributed by atoms with Crippen molar-refractivity contribution in [2.45, 2.75) is 6.36 Å². The highest BCUT2D eigenvalue weighted by Gasteiger charge is 2.32. The fourth-order valence-corrected chi connectivity index (χ4v) is 2.23. The van der Waals surface area contributed by atoms with Crippen molar-refractivity contribution in [1.82, 2.24) is 0 Å². The zero-order valence-corrected chi connectivity index (χ0v) is 12.3. The number of rotatable bonds is 3. The van der Waals surface area contributed by atoms with Crippen molar-refractivity contribution in [3.63, 3.8) is 0 Å². The SMILES string of the molecule is O=C(Nc1ccccc1OC(F)(F)F)C1=Cc2ccccc2OC1. The van der Waals surface area contributed by atoms with Gasteiger partial charge in [-0.3, -0.25) is 4.79 Å². The molecule has 0 unspecified atom stereocenters. The molecule has 0 aromatic heterocycles. The number of alkyl halides is 3. The topological polar surface area (TPSA) is 47.6 Å². The summed E-state index contributed by atoms with van der Waals surface area (Å²) in [5, 5.41) is 2.42. The van der Waals surface area contributed by atoms with Crippen LogP contribution in [-0.2, 0) is 4.79 Å². The van der Waals surface area contributed by atoms with E-state index in [0.717, 1.165) is 11.6 Å². The molecule has 0 atom stereocenters. The average Bonchev–Trinajstić information content (AvgIpc) is 2.55. The molecule has 7 heteroatoms. The summed E-state index contributed by atoms with van der Waals surface area (Å²) in [6, 6.07) is 12.5. The molecule has 2 aromatic carbocycles. The summed E-state index contributed by atoms with van der Waals surface area (Å²) >= 11 is 0. The fraction of sp³-hybridized carbons (Fsp3) is 0.118. The maximum Gasteiger partial charge on any atom is 0.573 e. The molecule has 2 aromatic rings. The number of para-hydroxylation sites is 3. The lowest BCUT2D eigenvalue weighted by atomic mass is 10.1. The van der Waals surface area contributed by atoms with Gasteiger partial charge in [0.25, 0.3) is 5.91 Å². The van der Waals surface area contributed by atoms with E-state index < -0.39 is 18.0 Å². The van der Waals surface area contributed by atoms with Crippen LogP contribution in [0.4, 0.5) is 18.9 Å². The number of carbonyl (C=O) groups excluding carboxylic acids is 1. The first kappa shape index (κ1) is 15.9. The molecule has 1 heterocycles. The van der Waals surface area contributed by atoms with Gasteiger partial charge < -0.3 is 14.8 Å². The Bertz CT molecular complexity index is 800. The Balaban J connectivity index is 1.80. The largest absolute Gasteiger partial charge is 0.573 e. The van der Waals surface area contributed by atoms with E-state index in [0.29, 0.717) is 11.3 Å². The van der Waals surface area contributed by atoms with Crippen molar-refractivity contribution in [2.75, 3.05) is 11.9 Å². The number of benzene rings is 2. The van der Waals surface area contributed by atoms with E-state index in [9.17, 15) is 18.0 Å². The summed E-state index contributed by atoms with van der Waals surface area (Å²) in [6.45, 7) is 0.0329.